The zero-order valence-corrected chi connectivity index (χ0v) is 15.8. The van der Waals surface area contributed by atoms with Crippen LogP contribution in [-0.4, -0.2) is 23.0 Å². The summed E-state index contributed by atoms with van der Waals surface area (Å²) in [7, 11) is 0. The number of rotatable bonds is 5. The Bertz CT molecular complexity index is 1090. The monoisotopic (exact) mass is 414 g/mol. The number of halogens is 3. The zero-order valence-electron chi connectivity index (χ0n) is 15.8. The van der Waals surface area contributed by atoms with E-state index >= 15 is 0 Å². The van der Waals surface area contributed by atoms with Crippen LogP contribution in [-0.2, 0) is 20.5 Å². The highest BCUT2D eigenvalue weighted by atomic mass is 19.4. The Morgan fingerprint density at radius 3 is 2.43 bits per heavy atom. The maximum Gasteiger partial charge on any atom is 0.416 e. The number of aromatic nitrogens is 1. The van der Waals surface area contributed by atoms with Crippen molar-refractivity contribution in [1.82, 2.24) is 4.98 Å². The first-order chi connectivity index (χ1) is 14.2. The predicted molar refractivity (Wildman–Crippen MR) is 106 cm³/mol. The van der Waals surface area contributed by atoms with Crippen molar-refractivity contribution < 1.29 is 27.5 Å². The normalized spacial score (nSPS) is 12.7. The molecule has 8 heteroatoms. The number of fused-ring (bicyclic) bond motifs is 1. The third-order valence-electron chi connectivity index (χ3n) is 4.15. The lowest BCUT2D eigenvalue weighted by Crippen LogP contribution is -2.29. The van der Waals surface area contributed by atoms with Crippen molar-refractivity contribution in [1.29, 1.82) is 0 Å². The number of pyridine rings is 1. The van der Waals surface area contributed by atoms with Gasteiger partial charge in [0.2, 0.25) is 0 Å². The lowest BCUT2D eigenvalue weighted by atomic mass is 10.2. The van der Waals surface area contributed by atoms with Gasteiger partial charge in [0.25, 0.3) is 5.91 Å². The fraction of sp³-hybridized carbons (Fsp3) is 0.136. The van der Waals surface area contributed by atoms with Gasteiger partial charge in [0, 0.05) is 17.1 Å². The van der Waals surface area contributed by atoms with Gasteiger partial charge < -0.3 is 10.1 Å². The van der Waals surface area contributed by atoms with E-state index in [1.54, 1.807) is 6.07 Å². The Kier molecular flexibility index (Phi) is 6.15. The molecule has 0 saturated heterocycles. The van der Waals surface area contributed by atoms with E-state index in [-0.39, 0.29) is 5.69 Å². The molecule has 1 N–H and O–H groups in total. The number of anilines is 1. The molecular formula is C22H17F3N2O3. The number of ether oxygens (including phenoxy) is 1. The number of alkyl halides is 3. The van der Waals surface area contributed by atoms with Gasteiger partial charge in [-0.15, -0.1) is 0 Å². The fourth-order valence-corrected chi connectivity index (χ4v) is 2.58. The highest BCUT2D eigenvalue weighted by molar-refractivity contribution is 5.96. The van der Waals surface area contributed by atoms with E-state index in [1.165, 1.54) is 13.0 Å². The van der Waals surface area contributed by atoms with Crippen LogP contribution in [0.5, 0.6) is 0 Å². The smallest absolute Gasteiger partial charge is 0.416 e. The van der Waals surface area contributed by atoms with Crippen LogP contribution < -0.4 is 5.32 Å². The molecule has 0 aliphatic carbocycles. The third kappa shape index (κ3) is 5.44. The quantitative estimate of drug-likeness (QED) is 0.479. The van der Waals surface area contributed by atoms with Crippen LogP contribution in [0.15, 0.2) is 66.7 Å². The van der Waals surface area contributed by atoms with Crippen molar-refractivity contribution in [2.24, 2.45) is 0 Å². The van der Waals surface area contributed by atoms with Gasteiger partial charge in [0.15, 0.2) is 6.10 Å². The summed E-state index contributed by atoms with van der Waals surface area (Å²) in [4.78, 5) is 28.5. The molecule has 2 aromatic carbocycles. The molecule has 0 fully saturated rings. The van der Waals surface area contributed by atoms with Crippen LogP contribution in [0, 0.1) is 0 Å². The number of nitrogens with zero attached hydrogens (tertiary/aromatic N) is 1. The summed E-state index contributed by atoms with van der Waals surface area (Å²) in [5.74, 6) is -1.42. The summed E-state index contributed by atoms with van der Waals surface area (Å²) in [5, 5.41) is 3.36. The van der Waals surface area contributed by atoms with Crippen molar-refractivity contribution in [2.45, 2.75) is 19.2 Å². The van der Waals surface area contributed by atoms with Crippen LogP contribution in [0.4, 0.5) is 18.9 Å². The molecule has 0 aliphatic rings. The molecule has 1 aromatic heterocycles. The van der Waals surface area contributed by atoms with Crippen LogP contribution in [0.25, 0.3) is 17.0 Å². The number of carbonyl (C=O) groups is 2. The number of para-hydroxylation sites is 1. The van der Waals surface area contributed by atoms with Crippen LogP contribution in [0.2, 0.25) is 0 Å². The molecule has 1 amide bonds. The number of carbonyl (C=O) groups excluding carboxylic acids is 2. The third-order valence-corrected chi connectivity index (χ3v) is 4.15. The highest BCUT2D eigenvalue weighted by Gasteiger charge is 2.30. The molecule has 0 bridgehead atoms. The lowest BCUT2D eigenvalue weighted by Gasteiger charge is -2.13. The molecule has 5 nitrogen and oxygen atoms in total. The van der Waals surface area contributed by atoms with Crippen LogP contribution in [0.1, 0.15) is 18.2 Å². The molecular weight excluding hydrogens is 397 g/mol. The largest absolute Gasteiger partial charge is 0.449 e. The second kappa shape index (κ2) is 8.77. The summed E-state index contributed by atoms with van der Waals surface area (Å²) < 4.78 is 42.7. The average Bonchev–Trinajstić information content (AvgIpc) is 2.71. The summed E-state index contributed by atoms with van der Waals surface area (Å²) in [6.45, 7) is 1.36. The number of nitrogens with one attached hydrogen (secondary N) is 1. The van der Waals surface area contributed by atoms with E-state index in [2.05, 4.69) is 10.3 Å². The van der Waals surface area contributed by atoms with Crippen molar-refractivity contribution in [2.75, 3.05) is 5.32 Å². The molecule has 0 saturated carbocycles. The van der Waals surface area contributed by atoms with Crippen molar-refractivity contribution in [3.63, 3.8) is 0 Å². The number of hydrogen-bond donors (Lipinski definition) is 1. The SMILES string of the molecule is C[C@@H](OC(=O)/C=C\c1ccc2ccccc2n1)C(=O)Nc1ccc(C(F)(F)F)cc1. The van der Waals surface area contributed by atoms with E-state index in [9.17, 15) is 22.8 Å². The first kappa shape index (κ1) is 21.0. The van der Waals surface area contributed by atoms with E-state index in [4.69, 9.17) is 4.74 Å². The van der Waals surface area contributed by atoms with Crippen molar-refractivity contribution >= 4 is 34.5 Å². The topological polar surface area (TPSA) is 68.3 Å². The van der Waals surface area contributed by atoms with E-state index in [0.717, 1.165) is 41.2 Å². The van der Waals surface area contributed by atoms with Gasteiger partial charge in [-0.1, -0.05) is 24.3 Å². The number of esters is 1. The lowest BCUT2D eigenvalue weighted by molar-refractivity contribution is -0.148. The summed E-state index contributed by atoms with van der Waals surface area (Å²) in [6.07, 6.45) is -2.99. The minimum Gasteiger partial charge on any atom is -0.449 e. The molecule has 0 spiro atoms. The molecule has 3 rings (SSSR count). The van der Waals surface area contributed by atoms with E-state index in [0.29, 0.717) is 5.69 Å². The summed E-state index contributed by atoms with van der Waals surface area (Å²) in [5.41, 5.74) is 0.657. The van der Waals surface area contributed by atoms with Gasteiger partial charge in [-0.05, 0) is 49.4 Å². The van der Waals surface area contributed by atoms with Crippen molar-refractivity contribution in [3.8, 4) is 0 Å². The van der Waals surface area contributed by atoms with Gasteiger partial charge in [-0.2, -0.15) is 13.2 Å². The number of amides is 1. The van der Waals surface area contributed by atoms with Gasteiger partial charge >= 0.3 is 12.1 Å². The maximum absolute atomic E-state index is 12.6. The molecule has 154 valence electrons. The maximum atomic E-state index is 12.6. The highest BCUT2D eigenvalue weighted by Crippen LogP contribution is 2.29. The van der Waals surface area contributed by atoms with Crippen LogP contribution >= 0.6 is 0 Å². The summed E-state index contributed by atoms with van der Waals surface area (Å²) in [6, 6.07) is 15.1. The molecule has 0 unspecified atom stereocenters. The second-order valence-electron chi connectivity index (χ2n) is 6.41. The van der Waals surface area contributed by atoms with Gasteiger partial charge in [0.1, 0.15) is 0 Å². The first-order valence-corrected chi connectivity index (χ1v) is 8.95. The molecule has 0 radical (unpaired) electrons. The second-order valence-corrected chi connectivity index (χ2v) is 6.41. The Labute approximate surface area is 170 Å². The molecule has 1 heterocycles. The van der Waals surface area contributed by atoms with Gasteiger partial charge in [-0.3, -0.25) is 4.79 Å². The van der Waals surface area contributed by atoms with Gasteiger partial charge in [-0.25, -0.2) is 9.78 Å². The summed E-state index contributed by atoms with van der Waals surface area (Å²) >= 11 is 0. The standard InChI is InChI=1S/C22H17F3N2O3/c1-14(21(29)27-18-10-7-16(8-11-18)22(23,24)25)30-20(28)13-12-17-9-6-15-4-2-3-5-19(15)26-17/h2-14H,1H3,(H,27,29)/b13-12-/t14-/m1/s1. The van der Waals surface area contributed by atoms with Gasteiger partial charge in [0.05, 0.1) is 16.8 Å². The molecule has 3 aromatic rings. The van der Waals surface area contributed by atoms with Crippen molar-refractivity contribution in [3.05, 3.63) is 78.0 Å². The Morgan fingerprint density at radius 1 is 1.03 bits per heavy atom. The van der Waals surface area contributed by atoms with Crippen LogP contribution in [0.3, 0.4) is 0 Å². The van der Waals surface area contributed by atoms with E-state index < -0.39 is 29.7 Å². The van der Waals surface area contributed by atoms with E-state index in [1.807, 2.05) is 30.3 Å². The molecule has 0 aliphatic heterocycles. The Hall–Kier alpha value is -3.68. The minimum atomic E-state index is -4.46. The average molecular weight is 414 g/mol. The number of benzene rings is 2. The predicted octanol–water partition coefficient (Wildman–Crippen LogP) is 4.84. The first-order valence-electron chi connectivity index (χ1n) is 8.95. The zero-order chi connectivity index (χ0) is 21.7. The molecule has 30 heavy (non-hydrogen) atoms. The number of hydrogen-bond acceptors (Lipinski definition) is 4. The Balaban J connectivity index is 1.56. The minimum absolute atomic E-state index is 0.159. The molecule has 1 atom stereocenters. The Morgan fingerprint density at radius 2 is 1.73 bits per heavy atom. The fourth-order valence-electron chi connectivity index (χ4n) is 2.58.